The van der Waals surface area contributed by atoms with Crippen LogP contribution in [0.1, 0.15) is 32.1 Å². The molecule has 0 aromatic heterocycles. The molecule has 0 N–H and O–H groups in total. The lowest BCUT2D eigenvalue weighted by Gasteiger charge is -2.27. The zero-order chi connectivity index (χ0) is 22.7. The van der Waals surface area contributed by atoms with Crippen LogP contribution in [0.2, 0.25) is 12.1 Å². The molecule has 1 aliphatic carbocycles. The molecule has 31 heavy (non-hydrogen) atoms. The van der Waals surface area contributed by atoms with Crippen LogP contribution >= 0.6 is 0 Å². The van der Waals surface area contributed by atoms with Crippen molar-refractivity contribution >= 4 is 17.6 Å². The molecule has 0 bridgehead atoms. The SMILES string of the molecule is CO[Si](CCC1CCC2OC2C1)(OC)OC.CO[Si](CCCOCC1CO1)(OC)OC. The summed E-state index contributed by atoms with van der Waals surface area (Å²) in [4.78, 5) is 0. The molecule has 0 aromatic carbocycles. The molecule has 3 fully saturated rings. The Labute approximate surface area is 189 Å². The van der Waals surface area contributed by atoms with E-state index < -0.39 is 17.6 Å². The number of ether oxygens (including phenoxy) is 3. The Morgan fingerprint density at radius 3 is 1.87 bits per heavy atom. The van der Waals surface area contributed by atoms with Gasteiger partial charge in [-0.1, -0.05) is 0 Å². The highest BCUT2D eigenvalue weighted by atomic mass is 28.4. The van der Waals surface area contributed by atoms with E-state index in [1.807, 2.05) is 0 Å². The van der Waals surface area contributed by atoms with Crippen LogP contribution in [0.5, 0.6) is 0 Å². The second-order valence-electron chi connectivity index (χ2n) is 8.16. The van der Waals surface area contributed by atoms with Crippen LogP contribution in [0.25, 0.3) is 0 Å². The maximum atomic E-state index is 5.54. The van der Waals surface area contributed by atoms with Crippen LogP contribution in [0.4, 0.5) is 0 Å². The lowest BCUT2D eigenvalue weighted by Crippen LogP contribution is -2.43. The third-order valence-electron chi connectivity index (χ3n) is 6.32. The maximum absolute atomic E-state index is 5.54. The van der Waals surface area contributed by atoms with Gasteiger partial charge in [0.2, 0.25) is 0 Å². The van der Waals surface area contributed by atoms with Gasteiger partial charge in [0.1, 0.15) is 6.10 Å². The largest absolute Gasteiger partial charge is 0.500 e. The van der Waals surface area contributed by atoms with Crippen LogP contribution in [0.15, 0.2) is 0 Å². The summed E-state index contributed by atoms with van der Waals surface area (Å²) in [6, 6.07) is 1.70. The molecule has 4 unspecified atom stereocenters. The van der Waals surface area contributed by atoms with Gasteiger partial charge in [-0.2, -0.15) is 0 Å². The third kappa shape index (κ3) is 9.09. The fraction of sp³-hybridized carbons (Fsp3) is 1.00. The predicted octanol–water partition coefficient (Wildman–Crippen LogP) is 2.49. The van der Waals surface area contributed by atoms with Gasteiger partial charge in [-0.05, 0) is 38.0 Å². The summed E-state index contributed by atoms with van der Waals surface area (Å²) in [6.45, 7) is 2.24. The first-order valence-corrected chi connectivity index (χ1v) is 15.0. The summed E-state index contributed by atoms with van der Waals surface area (Å²) in [6.07, 6.45) is 7.22. The average molecular weight is 483 g/mol. The van der Waals surface area contributed by atoms with Crippen molar-refractivity contribution in [2.75, 3.05) is 62.5 Å². The molecule has 0 amide bonds. The van der Waals surface area contributed by atoms with Crippen molar-refractivity contribution in [3.63, 3.8) is 0 Å². The van der Waals surface area contributed by atoms with Crippen LogP contribution < -0.4 is 0 Å². The molecular formula is C20H42O9Si2. The van der Waals surface area contributed by atoms with Gasteiger partial charge in [0, 0.05) is 61.4 Å². The molecule has 1 saturated carbocycles. The molecular weight excluding hydrogens is 440 g/mol. The van der Waals surface area contributed by atoms with E-state index in [4.69, 9.17) is 40.8 Å². The Morgan fingerprint density at radius 1 is 0.774 bits per heavy atom. The first kappa shape index (κ1) is 27.3. The van der Waals surface area contributed by atoms with E-state index in [2.05, 4.69) is 0 Å². The van der Waals surface area contributed by atoms with Crippen molar-refractivity contribution in [2.24, 2.45) is 5.92 Å². The monoisotopic (exact) mass is 482 g/mol. The summed E-state index contributed by atoms with van der Waals surface area (Å²) >= 11 is 0. The van der Waals surface area contributed by atoms with Gasteiger partial charge in [-0.25, -0.2) is 0 Å². The first-order valence-electron chi connectivity index (χ1n) is 11.1. The normalized spacial score (nSPS) is 27.3. The molecule has 9 nitrogen and oxygen atoms in total. The standard InChI is InChI=1S/C11H22O4Si.C9H20O5Si/c1-12-16(13-2,14-3)7-6-9-4-5-10-11(8-9)15-10;1-10-15(11-2,12-3)6-4-5-13-7-9-8-14-9/h9-11H,4-8H2,1-3H3;9H,4-8H2,1-3H3. The molecule has 3 rings (SSSR count). The zero-order valence-electron chi connectivity index (χ0n) is 20.1. The third-order valence-corrected chi connectivity index (χ3v) is 11.9. The summed E-state index contributed by atoms with van der Waals surface area (Å²) < 4.78 is 48.1. The minimum atomic E-state index is -2.39. The van der Waals surface area contributed by atoms with Gasteiger partial charge in [0.05, 0.1) is 25.4 Å². The van der Waals surface area contributed by atoms with E-state index in [0.29, 0.717) is 31.5 Å². The summed E-state index contributed by atoms with van der Waals surface area (Å²) in [5, 5.41) is 0. The van der Waals surface area contributed by atoms with Gasteiger partial charge < -0.3 is 40.8 Å². The molecule has 0 spiro atoms. The fourth-order valence-electron chi connectivity index (χ4n) is 4.01. The molecule has 2 heterocycles. The number of hydrogen-bond donors (Lipinski definition) is 0. The highest BCUT2D eigenvalue weighted by Gasteiger charge is 2.45. The lowest BCUT2D eigenvalue weighted by molar-refractivity contribution is 0.100. The van der Waals surface area contributed by atoms with Gasteiger partial charge in [0.15, 0.2) is 0 Å². The quantitative estimate of drug-likeness (QED) is 0.198. The van der Waals surface area contributed by atoms with Crippen molar-refractivity contribution in [1.82, 2.24) is 0 Å². The molecule has 2 aliphatic heterocycles. The van der Waals surface area contributed by atoms with E-state index in [0.717, 1.165) is 37.5 Å². The van der Waals surface area contributed by atoms with E-state index in [-0.39, 0.29) is 0 Å². The number of epoxide rings is 2. The number of rotatable bonds is 15. The van der Waals surface area contributed by atoms with E-state index in [1.54, 1.807) is 42.7 Å². The Bertz CT molecular complexity index is 471. The Hall–Kier alpha value is 0.0738. The topological polar surface area (TPSA) is 89.7 Å². The molecule has 3 aliphatic rings. The molecule has 4 atom stereocenters. The van der Waals surface area contributed by atoms with Gasteiger partial charge in [-0.3, -0.25) is 0 Å². The average Bonchev–Trinajstić information content (AvgIpc) is 3.74. The molecule has 2 saturated heterocycles. The van der Waals surface area contributed by atoms with E-state index in [1.165, 1.54) is 19.3 Å². The van der Waals surface area contributed by atoms with Gasteiger partial charge in [-0.15, -0.1) is 0 Å². The molecule has 11 heteroatoms. The first-order chi connectivity index (χ1) is 15.0. The van der Waals surface area contributed by atoms with Crippen molar-refractivity contribution in [1.29, 1.82) is 0 Å². The minimum absolute atomic E-state index is 0.333. The predicted molar refractivity (Wildman–Crippen MR) is 119 cm³/mol. The fourth-order valence-corrected chi connectivity index (χ4v) is 7.58. The Morgan fingerprint density at radius 2 is 1.35 bits per heavy atom. The van der Waals surface area contributed by atoms with E-state index >= 15 is 0 Å². The number of hydrogen-bond acceptors (Lipinski definition) is 9. The summed E-state index contributed by atoms with van der Waals surface area (Å²) in [5.41, 5.74) is 0. The zero-order valence-corrected chi connectivity index (χ0v) is 22.1. The van der Waals surface area contributed by atoms with Crippen molar-refractivity contribution < 1.29 is 40.8 Å². The Kier molecular flexibility index (Phi) is 12.1. The Balaban J connectivity index is 0.000000221. The van der Waals surface area contributed by atoms with Gasteiger partial charge in [0.25, 0.3) is 0 Å². The molecule has 0 aromatic rings. The summed E-state index contributed by atoms with van der Waals surface area (Å²) in [5.74, 6) is 0.760. The van der Waals surface area contributed by atoms with Crippen molar-refractivity contribution in [2.45, 2.75) is 62.5 Å². The second kappa shape index (κ2) is 13.7. The second-order valence-corrected chi connectivity index (χ2v) is 14.3. The molecule has 0 radical (unpaired) electrons. The minimum Gasteiger partial charge on any atom is -0.379 e. The van der Waals surface area contributed by atoms with Crippen LogP contribution in [0.3, 0.4) is 0 Å². The maximum Gasteiger partial charge on any atom is 0.500 e. The highest BCUT2D eigenvalue weighted by Crippen LogP contribution is 2.41. The van der Waals surface area contributed by atoms with Gasteiger partial charge >= 0.3 is 17.6 Å². The lowest BCUT2D eigenvalue weighted by atomic mass is 9.88. The van der Waals surface area contributed by atoms with Crippen molar-refractivity contribution in [3.05, 3.63) is 0 Å². The van der Waals surface area contributed by atoms with Crippen LogP contribution in [-0.4, -0.2) is 98.4 Å². The summed E-state index contributed by atoms with van der Waals surface area (Å²) in [7, 11) is 5.17. The van der Waals surface area contributed by atoms with Crippen LogP contribution in [-0.2, 0) is 40.8 Å². The smallest absolute Gasteiger partial charge is 0.379 e. The molecule has 184 valence electrons. The highest BCUT2D eigenvalue weighted by molar-refractivity contribution is 6.60. The number of fused-ring (bicyclic) bond motifs is 1. The van der Waals surface area contributed by atoms with E-state index in [9.17, 15) is 0 Å². The van der Waals surface area contributed by atoms with Crippen LogP contribution in [0, 0.1) is 5.92 Å². The van der Waals surface area contributed by atoms with Crippen molar-refractivity contribution in [3.8, 4) is 0 Å².